The minimum Gasteiger partial charge on any atom is -0.393 e. The van der Waals surface area contributed by atoms with E-state index in [2.05, 4.69) is 17.6 Å². The molecule has 3 unspecified atom stereocenters. The minimum absolute atomic E-state index is 0.0783. The van der Waals surface area contributed by atoms with Gasteiger partial charge in [-0.15, -0.1) is 0 Å². The molecular weight excluding hydrogens is 208 g/mol. The van der Waals surface area contributed by atoms with Crippen LogP contribution in [-0.4, -0.2) is 47.5 Å². The third-order valence-electron chi connectivity index (χ3n) is 2.97. The summed E-state index contributed by atoms with van der Waals surface area (Å²) in [5.74, 6) is 0.454. The predicted molar refractivity (Wildman–Crippen MR) is 60.9 cm³/mol. The molecule has 0 bridgehead atoms. The Balaban J connectivity index is 2.34. The highest BCUT2D eigenvalue weighted by molar-refractivity contribution is 5.81. The summed E-state index contributed by atoms with van der Waals surface area (Å²) in [6, 6.07) is -0.168. The average molecular weight is 230 g/mol. The lowest BCUT2D eigenvalue weighted by Crippen LogP contribution is -2.52. The molecule has 0 spiro atoms. The fourth-order valence-electron chi connectivity index (χ4n) is 1.76. The number of carbonyl (C=O) groups is 1. The molecule has 94 valence electrons. The summed E-state index contributed by atoms with van der Waals surface area (Å²) in [5.41, 5.74) is -1.24. The summed E-state index contributed by atoms with van der Waals surface area (Å²) in [4.78, 5) is 11.7. The van der Waals surface area contributed by atoms with Gasteiger partial charge in [-0.1, -0.05) is 6.92 Å². The molecule has 1 rings (SSSR count). The van der Waals surface area contributed by atoms with E-state index in [1.54, 1.807) is 0 Å². The summed E-state index contributed by atoms with van der Waals surface area (Å²) < 4.78 is 0. The number of aliphatic hydroxyl groups excluding tert-OH is 1. The molecule has 0 saturated carbocycles. The Bertz CT molecular complexity index is 243. The van der Waals surface area contributed by atoms with E-state index >= 15 is 0 Å². The van der Waals surface area contributed by atoms with Crippen LogP contribution < -0.4 is 10.6 Å². The van der Waals surface area contributed by atoms with Gasteiger partial charge in [0.05, 0.1) is 12.6 Å². The van der Waals surface area contributed by atoms with Crippen molar-refractivity contribution in [2.75, 3.05) is 19.7 Å². The van der Waals surface area contributed by atoms with E-state index in [-0.39, 0.29) is 25.1 Å². The second-order valence-corrected chi connectivity index (χ2v) is 5.01. The molecule has 3 atom stereocenters. The second-order valence-electron chi connectivity index (χ2n) is 5.01. The zero-order chi connectivity index (χ0) is 12.2. The first-order chi connectivity index (χ1) is 7.44. The van der Waals surface area contributed by atoms with Gasteiger partial charge in [0.1, 0.15) is 5.60 Å². The Morgan fingerprint density at radius 2 is 2.31 bits per heavy atom. The summed E-state index contributed by atoms with van der Waals surface area (Å²) in [5, 5.41) is 24.2. The molecule has 1 aliphatic heterocycles. The smallest absolute Gasteiger partial charge is 0.237 e. The van der Waals surface area contributed by atoms with Gasteiger partial charge in [0, 0.05) is 6.54 Å². The van der Waals surface area contributed by atoms with Gasteiger partial charge in [-0.3, -0.25) is 4.79 Å². The zero-order valence-electron chi connectivity index (χ0n) is 9.99. The van der Waals surface area contributed by atoms with Crippen LogP contribution in [0, 0.1) is 5.92 Å². The number of rotatable bonds is 4. The van der Waals surface area contributed by atoms with Crippen molar-refractivity contribution in [2.24, 2.45) is 5.92 Å². The number of nitrogens with one attached hydrogen (secondary N) is 2. The van der Waals surface area contributed by atoms with Crippen LogP contribution in [0.25, 0.3) is 0 Å². The molecule has 1 heterocycles. The van der Waals surface area contributed by atoms with E-state index in [9.17, 15) is 9.90 Å². The van der Waals surface area contributed by atoms with Crippen molar-refractivity contribution < 1.29 is 15.0 Å². The van der Waals surface area contributed by atoms with Gasteiger partial charge in [0.25, 0.3) is 0 Å². The lowest BCUT2D eigenvalue weighted by Gasteiger charge is -2.28. The van der Waals surface area contributed by atoms with Crippen molar-refractivity contribution in [3.63, 3.8) is 0 Å². The molecule has 4 N–H and O–H groups in total. The molecule has 1 saturated heterocycles. The third-order valence-corrected chi connectivity index (χ3v) is 2.97. The normalized spacial score (nSPS) is 29.5. The molecule has 16 heavy (non-hydrogen) atoms. The topological polar surface area (TPSA) is 81.6 Å². The lowest BCUT2D eigenvalue weighted by atomic mass is 9.94. The first kappa shape index (κ1) is 13.4. The van der Waals surface area contributed by atoms with E-state index in [1.165, 1.54) is 6.92 Å². The molecule has 1 aliphatic rings. The Morgan fingerprint density at radius 1 is 1.62 bits per heavy atom. The highest BCUT2D eigenvalue weighted by Gasteiger charge is 2.26. The molecule has 5 nitrogen and oxygen atoms in total. The number of aliphatic hydroxyl groups is 2. The van der Waals surface area contributed by atoms with E-state index < -0.39 is 5.60 Å². The van der Waals surface area contributed by atoms with Crippen LogP contribution in [0.15, 0.2) is 0 Å². The molecule has 5 heteroatoms. The number of hydrogen-bond donors (Lipinski definition) is 4. The second kappa shape index (κ2) is 5.61. The SMILES string of the molecule is CC1CCNC(C(=O)NCC(C)(O)CO)C1. The van der Waals surface area contributed by atoms with Gasteiger partial charge in [0.15, 0.2) is 0 Å². The largest absolute Gasteiger partial charge is 0.393 e. The molecular formula is C11H22N2O3. The van der Waals surface area contributed by atoms with Crippen molar-refractivity contribution in [2.45, 2.75) is 38.3 Å². The Labute approximate surface area is 96.2 Å². The van der Waals surface area contributed by atoms with E-state index in [4.69, 9.17) is 5.11 Å². The average Bonchev–Trinajstić information content (AvgIpc) is 2.26. The lowest BCUT2D eigenvalue weighted by molar-refractivity contribution is -0.125. The van der Waals surface area contributed by atoms with E-state index in [0.717, 1.165) is 19.4 Å². The van der Waals surface area contributed by atoms with Crippen molar-refractivity contribution in [1.82, 2.24) is 10.6 Å². The number of carbonyl (C=O) groups excluding carboxylic acids is 1. The van der Waals surface area contributed by atoms with Gasteiger partial charge >= 0.3 is 0 Å². The summed E-state index contributed by atoms with van der Waals surface area (Å²) in [7, 11) is 0. The van der Waals surface area contributed by atoms with E-state index in [1.807, 2.05) is 0 Å². The number of hydrogen-bond acceptors (Lipinski definition) is 4. The van der Waals surface area contributed by atoms with Crippen LogP contribution in [-0.2, 0) is 4.79 Å². The number of piperidine rings is 1. The van der Waals surface area contributed by atoms with Gasteiger partial charge in [-0.25, -0.2) is 0 Å². The summed E-state index contributed by atoms with van der Waals surface area (Å²) in [6.07, 6.45) is 1.92. The highest BCUT2D eigenvalue weighted by Crippen LogP contribution is 2.15. The van der Waals surface area contributed by atoms with Crippen LogP contribution in [0.4, 0.5) is 0 Å². The Hall–Kier alpha value is -0.650. The maximum atomic E-state index is 11.7. The van der Waals surface area contributed by atoms with Crippen LogP contribution in [0.5, 0.6) is 0 Å². The molecule has 0 aromatic rings. The van der Waals surface area contributed by atoms with Gasteiger partial charge in [0.2, 0.25) is 5.91 Å². The van der Waals surface area contributed by atoms with Gasteiger partial charge in [-0.2, -0.15) is 0 Å². The molecule has 0 aromatic heterocycles. The fraction of sp³-hybridized carbons (Fsp3) is 0.909. The Morgan fingerprint density at radius 3 is 2.88 bits per heavy atom. The molecule has 1 amide bonds. The predicted octanol–water partition coefficient (Wildman–Crippen LogP) is -0.766. The minimum atomic E-state index is -1.24. The zero-order valence-corrected chi connectivity index (χ0v) is 9.99. The first-order valence-corrected chi connectivity index (χ1v) is 5.79. The van der Waals surface area contributed by atoms with Crippen molar-refractivity contribution in [3.8, 4) is 0 Å². The molecule has 0 aromatic carbocycles. The third kappa shape index (κ3) is 4.08. The van der Waals surface area contributed by atoms with Crippen LogP contribution in [0.1, 0.15) is 26.7 Å². The number of amides is 1. The molecule has 1 fully saturated rings. The quantitative estimate of drug-likeness (QED) is 0.511. The highest BCUT2D eigenvalue weighted by atomic mass is 16.3. The van der Waals surface area contributed by atoms with Crippen molar-refractivity contribution >= 4 is 5.91 Å². The monoisotopic (exact) mass is 230 g/mol. The fourth-order valence-corrected chi connectivity index (χ4v) is 1.76. The first-order valence-electron chi connectivity index (χ1n) is 5.79. The maximum absolute atomic E-state index is 11.7. The van der Waals surface area contributed by atoms with Crippen LogP contribution in [0.2, 0.25) is 0 Å². The maximum Gasteiger partial charge on any atom is 0.237 e. The van der Waals surface area contributed by atoms with E-state index in [0.29, 0.717) is 5.92 Å². The van der Waals surface area contributed by atoms with Gasteiger partial charge < -0.3 is 20.8 Å². The van der Waals surface area contributed by atoms with Crippen LogP contribution >= 0.6 is 0 Å². The molecule has 0 aliphatic carbocycles. The van der Waals surface area contributed by atoms with Crippen LogP contribution in [0.3, 0.4) is 0 Å². The summed E-state index contributed by atoms with van der Waals surface area (Å²) >= 11 is 0. The Kier molecular flexibility index (Phi) is 4.70. The molecule has 0 radical (unpaired) electrons. The van der Waals surface area contributed by atoms with Crippen molar-refractivity contribution in [3.05, 3.63) is 0 Å². The summed E-state index contributed by atoms with van der Waals surface area (Å²) in [6.45, 7) is 4.20. The standard InChI is InChI=1S/C11H22N2O3/c1-8-3-4-12-9(5-8)10(15)13-6-11(2,16)7-14/h8-9,12,14,16H,3-7H2,1-2H3,(H,13,15). The van der Waals surface area contributed by atoms with Gasteiger partial charge in [-0.05, 0) is 32.2 Å². The van der Waals surface area contributed by atoms with Crippen molar-refractivity contribution in [1.29, 1.82) is 0 Å².